The van der Waals surface area contributed by atoms with Crippen LogP contribution in [0.2, 0.25) is 0 Å². The topological polar surface area (TPSA) is 25.0 Å². The Bertz CT molecular complexity index is 547. The Morgan fingerprint density at radius 2 is 2.31 bits per heavy atom. The smallest absolute Gasteiger partial charge is 0.165 e. The average Bonchev–Trinajstić information content (AvgIpc) is 2.68. The molecular weight excluding hydrogens is 245 g/mol. The van der Waals surface area contributed by atoms with Crippen LogP contribution in [0.1, 0.15) is 6.92 Å². The third kappa shape index (κ3) is 2.31. The monoisotopic (exact) mass is 255 g/mol. The molecule has 5 heteroatoms. The normalized spacial score (nSPS) is 10.4. The van der Waals surface area contributed by atoms with E-state index >= 15 is 0 Å². The fourth-order valence-electron chi connectivity index (χ4n) is 1.36. The number of aromatic nitrogens is 1. The molecule has 0 amide bonds. The number of hydrogen-bond donors (Lipinski definition) is 1. The van der Waals surface area contributed by atoms with E-state index in [0.717, 1.165) is 11.3 Å². The maximum atomic E-state index is 13.6. The van der Waals surface area contributed by atoms with Crippen LogP contribution in [0.3, 0.4) is 0 Å². The van der Waals surface area contributed by atoms with Crippen LogP contribution in [0.25, 0.3) is 11.3 Å². The Kier molecular flexibility index (Phi) is 3.36. The van der Waals surface area contributed by atoms with Crippen molar-refractivity contribution in [3.8, 4) is 17.0 Å². The molecule has 0 saturated carbocycles. The van der Waals surface area contributed by atoms with Crippen LogP contribution < -0.4 is 4.74 Å². The van der Waals surface area contributed by atoms with Crippen molar-refractivity contribution in [1.82, 2.24) is 4.98 Å². The molecule has 84 valence electrons. The van der Waals surface area contributed by atoms with E-state index in [9.17, 15) is 4.39 Å². The second kappa shape index (κ2) is 4.76. The second-order valence-corrected chi connectivity index (χ2v) is 4.69. The summed E-state index contributed by atoms with van der Waals surface area (Å²) < 4.78 is 19.4. The molecule has 2 aromatic rings. The summed E-state index contributed by atoms with van der Waals surface area (Å²) in [6, 6.07) is 4.88. The predicted molar refractivity (Wildman–Crippen MR) is 66.1 cm³/mol. The lowest BCUT2D eigenvalue weighted by molar-refractivity contribution is 0.321. The molecule has 0 bridgehead atoms. The summed E-state index contributed by atoms with van der Waals surface area (Å²) in [5, 5.41) is 1.87. The molecule has 0 unspecified atom stereocenters. The van der Waals surface area contributed by atoms with E-state index < -0.39 is 0 Å². The first-order chi connectivity index (χ1) is 7.70. The number of nitrogens with one attached hydrogen (secondary N) is 1. The van der Waals surface area contributed by atoms with Gasteiger partial charge in [-0.25, -0.2) is 4.39 Å². The number of rotatable bonds is 3. The minimum Gasteiger partial charge on any atom is -0.491 e. The summed E-state index contributed by atoms with van der Waals surface area (Å²) in [5.74, 6) is -0.0788. The standard InChI is InChI=1S/C11H10FNOS2/c1-2-14-10-4-3-7(5-8(10)12)9-6-16-11(15)13-9/h3-6H,2H2,1H3,(H,13,15). The van der Waals surface area contributed by atoms with Gasteiger partial charge >= 0.3 is 0 Å². The highest BCUT2D eigenvalue weighted by Crippen LogP contribution is 2.25. The summed E-state index contributed by atoms with van der Waals surface area (Å²) in [6.45, 7) is 2.28. The number of thiazole rings is 1. The van der Waals surface area contributed by atoms with E-state index in [4.69, 9.17) is 17.0 Å². The van der Waals surface area contributed by atoms with Gasteiger partial charge in [0.05, 0.1) is 12.3 Å². The molecule has 1 aromatic heterocycles. The molecule has 0 aliphatic rings. The summed E-state index contributed by atoms with van der Waals surface area (Å²) in [7, 11) is 0. The van der Waals surface area contributed by atoms with E-state index in [-0.39, 0.29) is 11.6 Å². The van der Waals surface area contributed by atoms with Gasteiger partial charge < -0.3 is 9.72 Å². The van der Waals surface area contributed by atoms with E-state index in [2.05, 4.69) is 4.98 Å². The minimum atomic E-state index is -0.357. The average molecular weight is 255 g/mol. The van der Waals surface area contributed by atoms with Gasteiger partial charge in [0.1, 0.15) is 0 Å². The predicted octanol–water partition coefficient (Wildman–Crippen LogP) is 4.01. The van der Waals surface area contributed by atoms with Crippen molar-refractivity contribution in [1.29, 1.82) is 0 Å². The zero-order valence-corrected chi connectivity index (χ0v) is 10.3. The Balaban J connectivity index is 2.37. The van der Waals surface area contributed by atoms with E-state index in [1.807, 2.05) is 12.3 Å². The first kappa shape index (κ1) is 11.3. The van der Waals surface area contributed by atoms with Crippen molar-refractivity contribution in [2.45, 2.75) is 6.92 Å². The Labute approximate surface area is 102 Å². The fourth-order valence-corrected chi connectivity index (χ4v) is 2.21. The first-order valence-electron chi connectivity index (χ1n) is 4.81. The lowest BCUT2D eigenvalue weighted by Gasteiger charge is -2.05. The van der Waals surface area contributed by atoms with Gasteiger partial charge in [-0.3, -0.25) is 0 Å². The van der Waals surface area contributed by atoms with Crippen molar-refractivity contribution >= 4 is 23.6 Å². The summed E-state index contributed by atoms with van der Waals surface area (Å²) in [4.78, 5) is 3.00. The molecule has 1 N–H and O–H groups in total. The lowest BCUT2D eigenvalue weighted by Crippen LogP contribution is -1.94. The van der Waals surface area contributed by atoms with Crippen molar-refractivity contribution < 1.29 is 9.13 Å². The number of aromatic amines is 1. The fraction of sp³-hybridized carbons (Fsp3) is 0.182. The maximum absolute atomic E-state index is 13.6. The van der Waals surface area contributed by atoms with Crippen LogP contribution in [0, 0.1) is 9.77 Å². The third-order valence-corrected chi connectivity index (χ3v) is 3.12. The van der Waals surface area contributed by atoms with Crippen molar-refractivity contribution in [3.05, 3.63) is 33.4 Å². The van der Waals surface area contributed by atoms with Crippen LogP contribution in [0.15, 0.2) is 23.6 Å². The molecule has 16 heavy (non-hydrogen) atoms. The Morgan fingerprint density at radius 1 is 1.50 bits per heavy atom. The maximum Gasteiger partial charge on any atom is 0.165 e. The molecule has 1 aromatic carbocycles. The van der Waals surface area contributed by atoms with Gasteiger partial charge in [0, 0.05) is 10.9 Å². The molecular formula is C11H10FNOS2. The largest absolute Gasteiger partial charge is 0.491 e. The third-order valence-electron chi connectivity index (χ3n) is 2.06. The zero-order valence-electron chi connectivity index (χ0n) is 8.62. The molecule has 1 heterocycles. The molecule has 0 aliphatic carbocycles. The zero-order chi connectivity index (χ0) is 11.5. The molecule has 0 saturated heterocycles. The van der Waals surface area contributed by atoms with Crippen LogP contribution in [0.4, 0.5) is 4.39 Å². The van der Waals surface area contributed by atoms with E-state index in [1.165, 1.54) is 17.4 Å². The summed E-state index contributed by atoms with van der Waals surface area (Å²) >= 11 is 6.40. The van der Waals surface area contributed by atoms with Crippen molar-refractivity contribution in [2.24, 2.45) is 0 Å². The number of benzene rings is 1. The quantitative estimate of drug-likeness (QED) is 0.838. The highest BCUT2D eigenvalue weighted by atomic mass is 32.1. The Morgan fingerprint density at radius 3 is 2.88 bits per heavy atom. The van der Waals surface area contributed by atoms with Gasteiger partial charge in [-0.2, -0.15) is 0 Å². The van der Waals surface area contributed by atoms with Crippen LogP contribution in [-0.2, 0) is 0 Å². The highest BCUT2D eigenvalue weighted by Gasteiger charge is 2.06. The number of hydrogen-bond acceptors (Lipinski definition) is 3. The van der Waals surface area contributed by atoms with Gasteiger partial charge in [-0.05, 0) is 37.3 Å². The van der Waals surface area contributed by atoms with Gasteiger partial charge in [-0.1, -0.05) is 0 Å². The molecule has 2 rings (SSSR count). The van der Waals surface area contributed by atoms with E-state index in [0.29, 0.717) is 10.6 Å². The lowest BCUT2D eigenvalue weighted by atomic mass is 10.1. The van der Waals surface area contributed by atoms with E-state index in [1.54, 1.807) is 12.1 Å². The summed E-state index contributed by atoms with van der Waals surface area (Å²) in [5.41, 5.74) is 1.60. The molecule has 0 spiro atoms. The van der Waals surface area contributed by atoms with Crippen LogP contribution in [0.5, 0.6) is 5.75 Å². The molecule has 2 nitrogen and oxygen atoms in total. The van der Waals surface area contributed by atoms with Gasteiger partial charge in [-0.15, -0.1) is 11.3 Å². The second-order valence-electron chi connectivity index (χ2n) is 3.14. The molecule has 0 atom stereocenters. The molecule has 0 fully saturated rings. The van der Waals surface area contributed by atoms with Crippen LogP contribution in [-0.4, -0.2) is 11.6 Å². The molecule has 0 aliphatic heterocycles. The van der Waals surface area contributed by atoms with Gasteiger partial charge in [0.2, 0.25) is 0 Å². The Hall–Kier alpha value is -1.20. The van der Waals surface area contributed by atoms with Gasteiger partial charge in [0.25, 0.3) is 0 Å². The number of H-pyrrole nitrogens is 1. The highest BCUT2D eigenvalue weighted by molar-refractivity contribution is 7.73. The van der Waals surface area contributed by atoms with Gasteiger partial charge in [0.15, 0.2) is 15.5 Å². The summed E-state index contributed by atoms with van der Waals surface area (Å²) in [6.07, 6.45) is 0. The first-order valence-corrected chi connectivity index (χ1v) is 6.10. The van der Waals surface area contributed by atoms with Crippen molar-refractivity contribution in [2.75, 3.05) is 6.61 Å². The minimum absolute atomic E-state index is 0.278. The molecule has 0 radical (unpaired) electrons. The van der Waals surface area contributed by atoms with Crippen molar-refractivity contribution in [3.63, 3.8) is 0 Å². The number of halogens is 1. The SMILES string of the molecule is CCOc1ccc(-c2csc(=S)[nH]2)cc1F. The number of ether oxygens (including phenoxy) is 1. The van der Waals surface area contributed by atoms with Crippen LogP contribution >= 0.6 is 23.6 Å².